The van der Waals surface area contributed by atoms with Crippen molar-refractivity contribution in [2.45, 2.75) is 30.6 Å². The standard InChI is InChI=1S/C14H12ClNS.C2H6/c1-2-16-11-5-3-4-6-13(11)17-14-9-10(15)7-8-12(14)16;1-2/h3-9H,2H2,1H3;1-2H3. The van der Waals surface area contributed by atoms with E-state index in [-0.39, 0.29) is 0 Å². The van der Waals surface area contributed by atoms with Crippen LogP contribution in [-0.2, 0) is 0 Å². The monoisotopic (exact) mass is 291 g/mol. The third kappa shape index (κ3) is 2.75. The minimum absolute atomic E-state index is 0.798. The summed E-state index contributed by atoms with van der Waals surface area (Å²) in [5.41, 5.74) is 2.54. The van der Waals surface area contributed by atoms with E-state index in [0.717, 1.165) is 11.6 Å². The summed E-state index contributed by atoms with van der Waals surface area (Å²) in [6, 6.07) is 14.6. The van der Waals surface area contributed by atoms with Crippen LogP contribution in [0.5, 0.6) is 0 Å². The molecule has 0 amide bonds. The van der Waals surface area contributed by atoms with Crippen LogP contribution in [0.4, 0.5) is 11.4 Å². The van der Waals surface area contributed by atoms with E-state index in [1.807, 2.05) is 26.0 Å². The minimum Gasteiger partial charge on any atom is -0.340 e. The second-order valence-electron chi connectivity index (χ2n) is 3.93. The van der Waals surface area contributed by atoms with Crippen LogP contribution in [0, 0.1) is 0 Å². The van der Waals surface area contributed by atoms with Crippen LogP contribution in [0.2, 0.25) is 5.02 Å². The van der Waals surface area contributed by atoms with Gasteiger partial charge in [0.2, 0.25) is 0 Å². The van der Waals surface area contributed by atoms with Gasteiger partial charge in [0, 0.05) is 21.4 Å². The summed E-state index contributed by atoms with van der Waals surface area (Å²) in [4.78, 5) is 4.86. The van der Waals surface area contributed by atoms with Crippen molar-refractivity contribution in [3.05, 3.63) is 47.5 Å². The van der Waals surface area contributed by atoms with Gasteiger partial charge < -0.3 is 4.90 Å². The molecule has 0 radical (unpaired) electrons. The number of benzene rings is 2. The van der Waals surface area contributed by atoms with Gasteiger partial charge in [-0.1, -0.05) is 49.3 Å². The zero-order chi connectivity index (χ0) is 13.8. The highest BCUT2D eigenvalue weighted by Gasteiger charge is 2.21. The molecule has 0 aromatic heterocycles. The lowest BCUT2D eigenvalue weighted by atomic mass is 10.2. The summed E-state index contributed by atoms with van der Waals surface area (Å²) in [5, 5.41) is 0.798. The van der Waals surface area contributed by atoms with E-state index in [2.05, 4.69) is 42.2 Å². The molecule has 0 N–H and O–H groups in total. The van der Waals surface area contributed by atoms with E-state index in [9.17, 15) is 0 Å². The van der Waals surface area contributed by atoms with Crippen LogP contribution in [0.25, 0.3) is 0 Å². The van der Waals surface area contributed by atoms with Gasteiger partial charge in [0.1, 0.15) is 0 Å². The predicted octanol–water partition coefficient (Wildman–Crippen LogP) is 5.99. The largest absolute Gasteiger partial charge is 0.340 e. The van der Waals surface area contributed by atoms with Crippen molar-refractivity contribution >= 4 is 34.7 Å². The molecule has 2 aromatic carbocycles. The lowest BCUT2D eigenvalue weighted by molar-refractivity contribution is 0.979. The molecule has 0 saturated heterocycles. The van der Waals surface area contributed by atoms with Crippen LogP contribution in [-0.4, -0.2) is 6.54 Å². The number of hydrogen-bond donors (Lipinski definition) is 0. The first-order chi connectivity index (χ1) is 9.29. The van der Waals surface area contributed by atoms with Crippen molar-refractivity contribution < 1.29 is 0 Å². The predicted molar refractivity (Wildman–Crippen MR) is 86.0 cm³/mol. The molecule has 19 heavy (non-hydrogen) atoms. The molecule has 0 fully saturated rings. The SMILES string of the molecule is CC.CCN1c2ccccc2Sc2cc(Cl)ccc21. The summed E-state index contributed by atoms with van der Waals surface area (Å²) in [5.74, 6) is 0. The molecule has 0 saturated carbocycles. The topological polar surface area (TPSA) is 3.24 Å². The number of anilines is 2. The second kappa shape index (κ2) is 6.36. The minimum atomic E-state index is 0.798. The molecule has 1 aliphatic heterocycles. The van der Waals surface area contributed by atoms with E-state index in [1.165, 1.54) is 21.2 Å². The maximum atomic E-state index is 6.06. The third-order valence-corrected chi connectivity index (χ3v) is 4.25. The highest BCUT2D eigenvalue weighted by atomic mass is 35.5. The quantitative estimate of drug-likeness (QED) is 0.635. The van der Waals surface area contributed by atoms with Crippen LogP contribution in [0.15, 0.2) is 52.3 Å². The fraction of sp³-hybridized carbons (Fsp3) is 0.250. The van der Waals surface area contributed by atoms with Gasteiger partial charge in [-0.25, -0.2) is 0 Å². The lowest BCUT2D eigenvalue weighted by Crippen LogP contribution is -2.19. The Bertz CT molecular complexity index is 568. The van der Waals surface area contributed by atoms with Crippen molar-refractivity contribution in [1.82, 2.24) is 0 Å². The maximum absolute atomic E-state index is 6.06. The van der Waals surface area contributed by atoms with E-state index in [1.54, 1.807) is 11.8 Å². The molecule has 3 rings (SSSR count). The highest BCUT2D eigenvalue weighted by Crippen LogP contribution is 2.48. The normalized spacial score (nSPS) is 12.1. The first kappa shape index (κ1) is 14.3. The molecule has 3 heteroatoms. The van der Waals surface area contributed by atoms with Crippen molar-refractivity contribution in [2.75, 3.05) is 11.4 Å². The molecule has 0 bridgehead atoms. The lowest BCUT2D eigenvalue weighted by Gasteiger charge is -2.31. The summed E-state index contributed by atoms with van der Waals surface area (Å²) in [7, 11) is 0. The zero-order valence-corrected chi connectivity index (χ0v) is 13.1. The zero-order valence-electron chi connectivity index (χ0n) is 11.5. The smallest absolute Gasteiger partial charge is 0.0553 e. The Balaban J connectivity index is 0.000000637. The molecule has 0 spiro atoms. The van der Waals surface area contributed by atoms with Gasteiger partial charge in [0.15, 0.2) is 0 Å². The molecule has 1 heterocycles. The molecule has 2 aromatic rings. The Morgan fingerprint density at radius 1 is 1.00 bits per heavy atom. The van der Waals surface area contributed by atoms with Crippen molar-refractivity contribution in [2.24, 2.45) is 0 Å². The van der Waals surface area contributed by atoms with Gasteiger partial charge in [0.05, 0.1) is 11.4 Å². The number of nitrogens with zero attached hydrogens (tertiary/aromatic N) is 1. The van der Waals surface area contributed by atoms with Gasteiger partial charge in [-0.15, -0.1) is 0 Å². The van der Waals surface area contributed by atoms with Crippen LogP contribution in [0.1, 0.15) is 20.8 Å². The van der Waals surface area contributed by atoms with Crippen LogP contribution < -0.4 is 4.90 Å². The Labute approximate surface area is 124 Å². The van der Waals surface area contributed by atoms with E-state index < -0.39 is 0 Å². The fourth-order valence-corrected chi connectivity index (χ4v) is 3.52. The summed E-state index contributed by atoms with van der Waals surface area (Å²) in [6.45, 7) is 7.14. The van der Waals surface area contributed by atoms with Gasteiger partial charge >= 0.3 is 0 Å². The van der Waals surface area contributed by atoms with Gasteiger partial charge in [-0.05, 0) is 37.3 Å². The molecular weight excluding hydrogens is 274 g/mol. The number of para-hydroxylation sites is 1. The van der Waals surface area contributed by atoms with Crippen LogP contribution >= 0.6 is 23.4 Å². The molecule has 1 nitrogen and oxygen atoms in total. The van der Waals surface area contributed by atoms with Crippen molar-refractivity contribution in [1.29, 1.82) is 0 Å². The molecule has 0 atom stereocenters. The number of halogens is 1. The van der Waals surface area contributed by atoms with Gasteiger partial charge in [0.25, 0.3) is 0 Å². The second-order valence-corrected chi connectivity index (χ2v) is 5.45. The summed E-state index contributed by atoms with van der Waals surface area (Å²) in [6.07, 6.45) is 0. The number of hydrogen-bond acceptors (Lipinski definition) is 2. The Morgan fingerprint density at radius 3 is 2.42 bits per heavy atom. The Kier molecular flexibility index (Phi) is 4.78. The highest BCUT2D eigenvalue weighted by molar-refractivity contribution is 7.99. The first-order valence-electron chi connectivity index (χ1n) is 6.63. The first-order valence-corrected chi connectivity index (χ1v) is 7.83. The van der Waals surface area contributed by atoms with Gasteiger partial charge in [-0.2, -0.15) is 0 Å². The van der Waals surface area contributed by atoms with E-state index in [0.29, 0.717) is 0 Å². The number of fused-ring (bicyclic) bond motifs is 2. The number of rotatable bonds is 1. The molecule has 1 aliphatic rings. The Morgan fingerprint density at radius 2 is 1.68 bits per heavy atom. The third-order valence-electron chi connectivity index (χ3n) is 2.90. The van der Waals surface area contributed by atoms with Crippen LogP contribution in [0.3, 0.4) is 0 Å². The average molecular weight is 292 g/mol. The molecular formula is C16H18ClNS. The van der Waals surface area contributed by atoms with Gasteiger partial charge in [-0.3, -0.25) is 0 Å². The molecule has 0 unspecified atom stereocenters. The van der Waals surface area contributed by atoms with E-state index in [4.69, 9.17) is 11.6 Å². The van der Waals surface area contributed by atoms with Crippen molar-refractivity contribution in [3.8, 4) is 0 Å². The maximum Gasteiger partial charge on any atom is 0.0553 e. The van der Waals surface area contributed by atoms with E-state index >= 15 is 0 Å². The van der Waals surface area contributed by atoms with Crippen molar-refractivity contribution in [3.63, 3.8) is 0 Å². The summed E-state index contributed by atoms with van der Waals surface area (Å²) >= 11 is 7.85. The average Bonchev–Trinajstić information content (AvgIpc) is 2.46. The molecule has 0 aliphatic carbocycles. The fourth-order valence-electron chi connectivity index (χ4n) is 2.15. The summed E-state index contributed by atoms with van der Waals surface area (Å²) < 4.78 is 0. The Hall–Kier alpha value is -1.12. The molecule has 100 valence electrons.